The molecular weight excluding hydrogens is 373 g/mol. The van der Waals surface area contributed by atoms with Gasteiger partial charge in [0, 0.05) is 26.7 Å². The lowest BCUT2D eigenvalue weighted by molar-refractivity contribution is 0.102. The van der Waals surface area contributed by atoms with Gasteiger partial charge in [-0.15, -0.1) is 0 Å². The number of carbonyl (C=O) groups is 1. The van der Waals surface area contributed by atoms with E-state index in [4.69, 9.17) is 47.0 Å². The Balaban J connectivity index is 2.36. The molecule has 0 atom stereocenters. The van der Waals surface area contributed by atoms with Crippen molar-refractivity contribution in [3.05, 3.63) is 62.6 Å². The van der Waals surface area contributed by atoms with Crippen LogP contribution in [0.3, 0.4) is 0 Å². The Bertz CT molecular complexity index is 744. The van der Waals surface area contributed by atoms with E-state index >= 15 is 0 Å². The van der Waals surface area contributed by atoms with Crippen LogP contribution in [0, 0.1) is 0 Å². The van der Waals surface area contributed by atoms with E-state index in [9.17, 15) is 4.79 Å². The van der Waals surface area contributed by atoms with E-state index in [1.165, 1.54) is 0 Å². The Hall–Kier alpha value is -1.13. The molecule has 0 heterocycles. The van der Waals surface area contributed by atoms with Gasteiger partial charge in [0.2, 0.25) is 0 Å². The van der Waals surface area contributed by atoms with Crippen molar-refractivity contribution in [3.8, 4) is 0 Å². The van der Waals surface area contributed by atoms with Crippen molar-refractivity contribution >= 4 is 63.5 Å². The Morgan fingerprint density at radius 1 is 1.04 bits per heavy atom. The summed E-state index contributed by atoms with van der Waals surface area (Å²) in [6.07, 6.45) is 1.59. The maximum atomic E-state index is 12.6. The van der Waals surface area contributed by atoms with Crippen LogP contribution in [-0.4, -0.2) is 10.8 Å². The first-order valence-electron chi connectivity index (χ1n) is 7.01. The molecule has 0 unspecified atom stereocenters. The lowest BCUT2D eigenvalue weighted by atomic mass is 10.0. The number of amides is 1. The maximum Gasteiger partial charge on any atom is 0.256 e. The Labute approximate surface area is 155 Å². The molecule has 0 bridgehead atoms. The number of thiocarbonyl (C=S) groups is 1. The highest BCUT2D eigenvalue weighted by molar-refractivity contribution is 7.80. The summed E-state index contributed by atoms with van der Waals surface area (Å²) in [7, 11) is 0. The zero-order valence-corrected chi connectivity index (χ0v) is 15.4. The first-order valence-corrected chi connectivity index (χ1v) is 8.55. The number of carbonyl (C=O) groups excluding carboxylic acids is 1. The maximum absolute atomic E-state index is 12.6. The van der Waals surface area contributed by atoms with Crippen LogP contribution < -0.4 is 5.32 Å². The molecule has 1 N–H and O–H groups in total. The lowest BCUT2D eigenvalue weighted by Gasteiger charge is -2.13. The monoisotopic (exact) mass is 385 g/mol. The highest BCUT2D eigenvalue weighted by atomic mass is 35.5. The van der Waals surface area contributed by atoms with E-state index in [0.29, 0.717) is 43.2 Å². The average molecular weight is 387 g/mol. The Morgan fingerprint density at radius 3 is 2.17 bits per heavy atom. The molecule has 1 amide bonds. The number of anilines is 1. The van der Waals surface area contributed by atoms with E-state index < -0.39 is 0 Å². The normalized spacial score (nSPS) is 10.4. The summed E-state index contributed by atoms with van der Waals surface area (Å²) in [5.41, 5.74) is 1.69. The van der Waals surface area contributed by atoms with Gasteiger partial charge in [0.15, 0.2) is 0 Å². The summed E-state index contributed by atoms with van der Waals surface area (Å²) in [6, 6.07) is 10.1. The third-order valence-electron chi connectivity index (χ3n) is 3.18. The third kappa shape index (κ3) is 4.67. The van der Waals surface area contributed by atoms with Crippen molar-refractivity contribution in [1.29, 1.82) is 0 Å². The summed E-state index contributed by atoms with van der Waals surface area (Å²) in [6.45, 7) is 2.03. The molecule has 2 aromatic rings. The fourth-order valence-corrected chi connectivity index (χ4v) is 2.89. The standard InChI is InChI=1S/C17H14Cl3NOS/c1-2-3-16(23)12-8-14(19)15(20)9-13(12)17(22)21-11-6-4-10(18)5-7-11/h4-9H,2-3H2,1H3,(H,21,22). The van der Waals surface area contributed by atoms with Gasteiger partial charge in [-0.25, -0.2) is 0 Å². The van der Waals surface area contributed by atoms with Crippen molar-refractivity contribution in [2.75, 3.05) is 5.32 Å². The van der Waals surface area contributed by atoms with Gasteiger partial charge in [-0.1, -0.05) is 60.4 Å². The fraction of sp³-hybridized carbons (Fsp3) is 0.176. The van der Waals surface area contributed by atoms with Gasteiger partial charge in [0.05, 0.1) is 10.0 Å². The van der Waals surface area contributed by atoms with Gasteiger partial charge in [0.25, 0.3) is 5.91 Å². The predicted octanol–water partition coefficient (Wildman–Crippen LogP) is 6.42. The molecule has 120 valence electrons. The minimum atomic E-state index is -0.292. The van der Waals surface area contributed by atoms with Gasteiger partial charge in [0.1, 0.15) is 0 Å². The first kappa shape index (κ1) is 18.2. The molecule has 2 nitrogen and oxygen atoms in total. The summed E-state index contributed by atoms with van der Waals surface area (Å²) >= 11 is 23.4. The number of hydrogen-bond acceptors (Lipinski definition) is 2. The smallest absolute Gasteiger partial charge is 0.256 e. The molecule has 0 fully saturated rings. The quantitative estimate of drug-likeness (QED) is 0.474. The second-order valence-electron chi connectivity index (χ2n) is 4.95. The highest BCUT2D eigenvalue weighted by Gasteiger charge is 2.17. The average Bonchev–Trinajstić information content (AvgIpc) is 2.52. The number of nitrogens with one attached hydrogen (secondary N) is 1. The summed E-state index contributed by atoms with van der Waals surface area (Å²) in [5.74, 6) is -0.292. The van der Waals surface area contributed by atoms with E-state index in [-0.39, 0.29) is 5.91 Å². The molecule has 23 heavy (non-hydrogen) atoms. The highest BCUT2D eigenvalue weighted by Crippen LogP contribution is 2.28. The molecule has 0 aliphatic carbocycles. The van der Waals surface area contributed by atoms with E-state index in [1.54, 1.807) is 36.4 Å². The summed E-state index contributed by atoms with van der Waals surface area (Å²) < 4.78 is 0. The first-order chi connectivity index (χ1) is 10.9. The van der Waals surface area contributed by atoms with Crippen LogP contribution in [-0.2, 0) is 0 Å². The van der Waals surface area contributed by atoms with Crippen molar-refractivity contribution in [2.45, 2.75) is 19.8 Å². The molecule has 0 saturated carbocycles. The van der Waals surface area contributed by atoms with Crippen molar-refractivity contribution in [3.63, 3.8) is 0 Å². The summed E-state index contributed by atoms with van der Waals surface area (Å²) in [4.78, 5) is 13.3. The van der Waals surface area contributed by atoms with Crippen molar-refractivity contribution in [1.82, 2.24) is 0 Å². The second kappa shape index (κ2) is 8.11. The van der Waals surface area contributed by atoms with Gasteiger partial charge in [-0.05, 0) is 42.8 Å². The van der Waals surface area contributed by atoms with Crippen molar-refractivity contribution < 1.29 is 4.79 Å². The van der Waals surface area contributed by atoms with Gasteiger partial charge >= 0.3 is 0 Å². The van der Waals surface area contributed by atoms with E-state index in [0.717, 1.165) is 6.42 Å². The minimum absolute atomic E-state index is 0.292. The van der Waals surface area contributed by atoms with Gasteiger partial charge in [-0.2, -0.15) is 0 Å². The number of halogens is 3. The van der Waals surface area contributed by atoms with Crippen LogP contribution in [0.5, 0.6) is 0 Å². The second-order valence-corrected chi connectivity index (χ2v) is 6.69. The van der Waals surface area contributed by atoms with E-state index in [2.05, 4.69) is 5.32 Å². The van der Waals surface area contributed by atoms with Crippen LogP contribution in [0.25, 0.3) is 0 Å². The van der Waals surface area contributed by atoms with Crippen LogP contribution in [0.4, 0.5) is 5.69 Å². The van der Waals surface area contributed by atoms with Crippen LogP contribution in [0.15, 0.2) is 36.4 Å². The molecule has 0 spiro atoms. The minimum Gasteiger partial charge on any atom is -0.322 e. The fourth-order valence-electron chi connectivity index (χ4n) is 2.06. The molecule has 0 saturated heterocycles. The molecular formula is C17H14Cl3NOS. The zero-order chi connectivity index (χ0) is 17.0. The lowest BCUT2D eigenvalue weighted by Crippen LogP contribution is -2.16. The molecule has 2 rings (SSSR count). The third-order valence-corrected chi connectivity index (χ3v) is 4.58. The largest absolute Gasteiger partial charge is 0.322 e. The molecule has 2 aromatic carbocycles. The van der Waals surface area contributed by atoms with Crippen LogP contribution >= 0.6 is 47.0 Å². The van der Waals surface area contributed by atoms with E-state index in [1.807, 2.05) is 6.92 Å². The number of benzene rings is 2. The molecule has 0 aliphatic heterocycles. The SMILES string of the molecule is CCCC(=S)c1cc(Cl)c(Cl)cc1C(=O)Nc1ccc(Cl)cc1. The van der Waals surface area contributed by atoms with Gasteiger partial charge in [-0.3, -0.25) is 4.79 Å². The Morgan fingerprint density at radius 2 is 1.61 bits per heavy atom. The van der Waals surface area contributed by atoms with Crippen LogP contribution in [0.2, 0.25) is 15.1 Å². The van der Waals surface area contributed by atoms with Gasteiger partial charge < -0.3 is 5.32 Å². The topological polar surface area (TPSA) is 29.1 Å². The summed E-state index contributed by atoms with van der Waals surface area (Å²) in [5, 5.41) is 4.10. The molecule has 0 aliphatic rings. The number of rotatable bonds is 5. The zero-order valence-electron chi connectivity index (χ0n) is 12.3. The Kier molecular flexibility index (Phi) is 6.42. The van der Waals surface area contributed by atoms with Crippen LogP contribution in [0.1, 0.15) is 35.7 Å². The predicted molar refractivity (Wildman–Crippen MR) is 102 cm³/mol. The number of hydrogen-bond donors (Lipinski definition) is 1. The molecule has 6 heteroatoms. The van der Waals surface area contributed by atoms with Crippen molar-refractivity contribution in [2.24, 2.45) is 0 Å². The molecule has 0 radical (unpaired) electrons. The molecule has 0 aromatic heterocycles.